The summed E-state index contributed by atoms with van der Waals surface area (Å²) in [4.78, 5) is 14.4. The number of likely N-dealkylation sites (tertiary alicyclic amines) is 1. The van der Waals surface area contributed by atoms with Gasteiger partial charge in [-0.15, -0.1) is 0 Å². The average molecular weight is 384 g/mol. The molecule has 4 heteroatoms. The minimum Gasteiger partial charge on any atom is -0.423 e. The third-order valence-electron chi connectivity index (χ3n) is 4.71. The summed E-state index contributed by atoms with van der Waals surface area (Å²) in [5, 5.41) is 1.01. The maximum absolute atomic E-state index is 11.9. The zero-order valence-electron chi connectivity index (χ0n) is 13.2. The maximum Gasteiger partial charge on any atom is 0.336 e. The molecule has 1 fully saturated rings. The van der Waals surface area contributed by atoms with Crippen molar-refractivity contribution in [1.29, 1.82) is 0 Å². The predicted octanol–water partition coefficient (Wildman–Crippen LogP) is 4.89. The van der Waals surface area contributed by atoms with E-state index in [1.807, 2.05) is 18.2 Å². The molecule has 0 N–H and O–H groups in total. The molecule has 0 bridgehead atoms. The first-order valence-electron chi connectivity index (χ1n) is 8.22. The molecule has 3 nitrogen and oxygen atoms in total. The molecule has 0 saturated carbocycles. The molecule has 3 aromatic rings. The van der Waals surface area contributed by atoms with Crippen LogP contribution < -0.4 is 5.63 Å². The predicted molar refractivity (Wildman–Crippen MR) is 99.0 cm³/mol. The summed E-state index contributed by atoms with van der Waals surface area (Å²) in [6, 6.07) is 18.5. The molecule has 0 radical (unpaired) electrons. The van der Waals surface area contributed by atoms with Crippen molar-refractivity contribution in [3.05, 3.63) is 80.6 Å². The van der Waals surface area contributed by atoms with Gasteiger partial charge in [0.25, 0.3) is 0 Å². The van der Waals surface area contributed by atoms with Gasteiger partial charge < -0.3 is 4.42 Å². The van der Waals surface area contributed by atoms with Crippen LogP contribution >= 0.6 is 15.9 Å². The fraction of sp³-hybridized carbons (Fsp3) is 0.250. The van der Waals surface area contributed by atoms with Gasteiger partial charge in [-0.1, -0.05) is 46.3 Å². The largest absolute Gasteiger partial charge is 0.423 e. The number of hydrogen-bond acceptors (Lipinski definition) is 3. The van der Waals surface area contributed by atoms with Crippen LogP contribution in [0.15, 0.2) is 68.3 Å². The van der Waals surface area contributed by atoms with E-state index in [4.69, 9.17) is 4.42 Å². The Kier molecular flexibility index (Phi) is 4.25. The van der Waals surface area contributed by atoms with Crippen LogP contribution in [0.4, 0.5) is 0 Å². The number of benzene rings is 2. The molecule has 0 amide bonds. The molecular formula is C20H18BrNO2. The second kappa shape index (κ2) is 6.54. The van der Waals surface area contributed by atoms with Crippen molar-refractivity contribution in [2.24, 2.45) is 0 Å². The highest BCUT2D eigenvalue weighted by Gasteiger charge is 2.26. The van der Waals surface area contributed by atoms with Crippen molar-refractivity contribution in [1.82, 2.24) is 4.90 Å². The Morgan fingerprint density at radius 2 is 1.96 bits per heavy atom. The Hall–Kier alpha value is -1.91. The van der Waals surface area contributed by atoms with E-state index >= 15 is 0 Å². The zero-order valence-corrected chi connectivity index (χ0v) is 14.8. The van der Waals surface area contributed by atoms with Crippen LogP contribution in [-0.4, -0.2) is 11.4 Å². The summed E-state index contributed by atoms with van der Waals surface area (Å²) in [5.41, 5.74) is 2.75. The maximum atomic E-state index is 11.9. The van der Waals surface area contributed by atoms with Crippen molar-refractivity contribution in [2.75, 3.05) is 6.54 Å². The van der Waals surface area contributed by atoms with Crippen LogP contribution in [0, 0.1) is 0 Å². The Morgan fingerprint density at radius 3 is 2.79 bits per heavy atom. The van der Waals surface area contributed by atoms with E-state index in [-0.39, 0.29) is 5.63 Å². The van der Waals surface area contributed by atoms with Crippen LogP contribution in [0.3, 0.4) is 0 Å². The van der Waals surface area contributed by atoms with Crippen molar-refractivity contribution in [2.45, 2.75) is 25.4 Å². The minimum atomic E-state index is -0.286. The summed E-state index contributed by atoms with van der Waals surface area (Å²) in [6.07, 6.45) is 2.35. The molecule has 24 heavy (non-hydrogen) atoms. The summed E-state index contributed by atoms with van der Waals surface area (Å²) >= 11 is 3.44. The highest BCUT2D eigenvalue weighted by Crippen LogP contribution is 2.34. The fourth-order valence-electron chi connectivity index (χ4n) is 3.62. The standard InChI is InChI=1S/C20H18BrNO2/c21-16-8-9-17-15(11-20(23)24-19(17)12-16)13-22-10-4-7-18(22)14-5-2-1-3-6-14/h1-3,5-6,8-9,11-12,18H,4,7,10,13H2/t18-/m1/s1. The first-order chi connectivity index (χ1) is 11.7. The Morgan fingerprint density at radius 1 is 1.12 bits per heavy atom. The van der Waals surface area contributed by atoms with E-state index in [2.05, 4.69) is 51.2 Å². The molecule has 0 aliphatic carbocycles. The Labute approximate surface area is 149 Å². The number of nitrogens with zero attached hydrogens (tertiary/aromatic N) is 1. The molecule has 2 heterocycles. The third kappa shape index (κ3) is 3.04. The lowest BCUT2D eigenvalue weighted by atomic mass is 10.0. The number of halogens is 1. The number of rotatable bonds is 3. The van der Waals surface area contributed by atoms with Gasteiger partial charge in [0.1, 0.15) is 5.58 Å². The normalized spacial score (nSPS) is 18.3. The van der Waals surface area contributed by atoms with Crippen LogP contribution in [0.25, 0.3) is 11.0 Å². The highest BCUT2D eigenvalue weighted by atomic mass is 79.9. The van der Waals surface area contributed by atoms with Crippen LogP contribution in [-0.2, 0) is 6.54 Å². The molecule has 1 saturated heterocycles. The topological polar surface area (TPSA) is 33.5 Å². The van der Waals surface area contributed by atoms with E-state index in [0.29, 0.717) is 11.6 Å². The number of hydrogen-bond donors (Lipinski definition) is 0. The van der Waals surface area contributed by atoms with Crippen molar-refractivity contribution in [3.63, 3.8) is 0 Å². The van der Waals surface area contributed by atoms with E-state index in [1.54, 1.807) is 6.07 Å². The lowest BCUT2D eigenvalue weighted by Gasteiger charge is -2.25. The summed E-state index contributed by atoms with van der Waals surface area (Å²) < 4.78 is 6.27. The van der Waals surface area contributed by atoms with E-state index in [1.165, 1.54) is 12.0 Å². The van der Waals surface area contributed by atoms with Gasteiger partial charge in [-0.2, -0.15) is 0 Å². The SMILES string of the molecule is O=c1cc(CN2CCC[C@@H]2c2ccccc2)c2ccc(Br)cc2o1. The smallest absolute Gasteiger partial charge is 0.336 e. The zero-order chi connectivity index (χ0) is 16.5. The quantitative estimate of drug-likeness (QED) is 0.603. The second-order valence-electron chi connectivity index (χ2n) is 6.27. The molecular weight excluding hydrogens is 366 g/mol. The van der Waals surface area contributed by atoms with Crippen LogP contribution in [0.5, 0.6) is 0 Å². The number of fused-ring (bicyclic) bond motifs is 1. The molecule has 0 unspecified atom stereocenters. The highest BCUT2D eigenvalue weighted by molar-refractivity contribution is 9.10. The summed E-state index contributed by atoms with van der Waals surface area (Å²) in [7, 11) is 0. The van der Waals surface area contributed by atoms with Gasteiger partial charge in [0.05, 0.1) is 0 Å². The van der Waals surface area contributed by atoms with Crippen molar-refractivity contribution in [3.8, 4) is 0 Å². The molecule has 4 rings (SSSR count). The van der Waals surface area contributed by atoms with E-state index in [9.17, 15) is 4.79 Å². The van der Waals surface area contributed by atoms with Crippen molar-refractivity contribution >= 4 is 26.9 Å². The lowest BCUT2D eigenvalue weighted by molar-refractivity contribution is 0.249. The Bertz CT molecular complexity index is 920. The summed E-state index contributed by atoms with van der Waals surface area (Å²) in [5.74, 6) is 0. The molecule has 1 atom stereocenters. The molecule has 1 aromatic heterocycles. The lowest BCUT2D eigenvalue weighted by Crippen LogP contribution is -2.23. The molecule has 122 valence electrons. The van der Waals surface area contributed by atoms with Crippen molar-refractivity contribution < 1.29 is 4.42 Å². The van der Waals surface area contributed by atoms with Gasteiger partial charge in [-0.05, 0) is 48.7 Å². The van der Waals surface area contributed by atoms with Gasteiger partial charge in [0.2, 0.25) is 0 Å². The van der Waals surface area contributed by atoms with Gasteiger partial charge in [0.15, 0.2) is 0 Å². The first-order valence-corrected chi connectivity index (χ1v) is 9.01. The first kappa shape index (κ1) is 15.6. The van der Waals surface area contributed by atoms with Gasteiger partial charge >= 0.3 is 5.63 Å². The Balaban J connectivity index is 1.70. The monoisotopic (exact) mass is 383 g/mol. The molecule has 2 aromatic carbocycles. The van der Waals surface area contributed by atoms with Gasteiger partial charge in [-0.25, -0.2) is 4.79 Å². The minimum absolute atomic E-state index is 0.286. The molecule has 1 aliphatic heterocycles. The van der Waals surface area contributed by atoms with Gasteiger partial charge in [-0.3, -0.25) is 4.90 Å². The third-order valence-corrected chi connectivity index (χ3v) is 5.21. The second-order valence-corrected chi connectivity index (χ2v) is 7.19. The fourth-order valence-corrected chi connectivity index (χ4v) is 3.96. The molecule has 1 aliphatic rings. The van der Waals surface area contributed by atoms with Gasteiger partial charge in [0, 0.05) is 28.5 Å². The average Bonchev–Trinajstić information content (AvgIpc) is 3.03. The molecule has 0 spiro atoms. The van der Waals surface area contributed by atoms with E-state index < -0.39 is 0 Å². The van der Waals surface area contributed by atoms with Crippen LogP contribution in [0.2, 0.25) is 0 Å². The summed E-state index contributed by atoms with van der Waals surface area (Å²) in [6.45, 7) is 1.82. The van der Waals surface area contributed by atoms with E-state index in [0.717, 1.165) is 34.9 Å². The van der Waals surface area contributed by atoms with Crippen LogP contribution in [0.1, 0.15) is 30.0 Å².